The molecule has 4 nitrogen and oxygen atoms in total. The number of benzene rings is 1. The largest absolute Gasteiger partial charge is 0.393 e. The molecule has 0 amide bonds. The molecule has 1 aliphatic rings. The predicted octanol–water partition coefficient (Wildman–Crippen LogP) is 1.93. The standard InChI is InChI=1S/C16H20N2O2/c1-18(9-11-6-13(20)7-11)16-15-5-3-2-4-14(15)12(10-19)8-17-16/h2-5,8,11,13,19-20H,6-7,9-10H2,1H3. The van der Waals surface area contributed by atoms with Gasteiger partial charge in [0.05, 0.1) is 12.7 Å². The van der Waals surface area contributed by atoms with Crippen LogP contribution in [-0.4, -0.2) is 34.9 Å². The predicted molar refractivity (Wildman–Crippen MR) is 79.7 cm³/mol. The number of nitrogens with zero attached hydrogens (tertiary/aromatic N) is 2. The minimum Gasteiger partial charge on any atom is -0.393 e. The van der Waals surface area contributed by atoms with Crippen LogP contribution in [-0.2, 0) is 6.61 Å². The van der Waals surface area contributed by atoms with Crippen LogP contribution >= 0.6 is 0 Å². The van der Waals surface area contributed by atoms with Gasteiger partial charge >= 0.3 is 0 Å². The number of aliphatic hydroxyl groups is 2. The van der Waals surface area contributed by atoms with E-state index < -0.39 is 0 Å². The van der Waals surface area contributed by atoms with Crippen LogP contribution < -0.4 is 4.90 Å². The Morgan fingerprint density at radius 2 is 1.95 bits per heavy atom. The molecule has 4 heteroatoms. The normalized spacial score (nSPS) is 21.8. The smallest absolute Gasteiger partial charge is 0.136 e. The van der Waals surface area contributed by atoms with E-state index in [1.165, 1.54) is 0 Å². The van der Waals surface area contributed by atoms with Gasteiger partial charge in [0.15, 0.2) is 0 Å². The van der Waals surface area contributed by atoms with Crippen LogP contribution in [0.15, 0.2) is 30.5 Å². The van der Waals surface area contributed by atoms with Gasteiger partial charge in [0.1, 0.15) is 5.82 Å². The van der Waals surface area contributed by atoms with Crippen molar-refractivity contribution >= 4 is 16.6 Å². The van der Waals surface area contributed by atoms with Crippen molar-refractivity contribution in [2.24, 2.45) is 5.92 Å². The Balaban J connectivity index is 1.91. The summed E-state index contributed by atoms with van der Waals surface area (Å²) in [4.78, 5) is 6.66. The van der Waals surface area contributed by atoms with E-state index in [1.807, 2.05) is 31.3 Å². The molecular formula is C16H20N2O2. The lowest BCUT2D eigenvalue weighted by Crippen LogP contribution is -2.37. The highest BCUT2D eigenvalue weighted by atomic mass is 16.3. The molecule has 20 heavy (non-hydrogen) atoms. The van der Waals surface area contributed by atoms with Crippen LogP contribution in [0.25, 0.3) is 10.8 Å². The maximum Gasteiger partial charge on any atom is 0.136 e. The summed E-state index contributed by atoms with van der Waals surface area (Å²) in [6.07, 6.45) is 3.41. The average Bonchev–Trinajstić information content (AvgIpc) is 2.44. The minimum atomic E-state index is -0.116. The van der Waals surface area contributed by atoms with Crippen molar-refractivity contribution < 1.29 is 10.2 Å². The van der Waals surface area contributed by atoms with Gasteiger partial charge in [-0.3, -0.25) is 0 Å². The van der Waals surface area contributed by atoms with Crippen LogP contribution in [0.4, 0.5) is 5.82 Å². The van der Waals surface area contributed by atoms with Crippen LogP contribution in [0.5, 0.6) is 0 Å². The Morgan fingerprint density at radius 1 is 1.25 bits per heavy atom. The van der Waals surface area contributed by atoms with Crippen molar-refractivity contribution in [3.8, 4) is 0 Å². The molecule has 0 saturated heterocycles. The van der Waals surface area contributed by atoms with E-state index in [-0.39, 0.29) is 12.7 Å². The molecule has 0 unspecified atom stereocenters. The van der Waals surface area contributed by atoms with Gasteiger partial charge in [-0.1, -0.05) is 24.3 Å². The molecule has 1 aromatic carbocycles. The zero-order valence-corrected chi connectivity index (χ0v) is 11.7. The number of hydrogen-bond acceptors (Lipinski definition) is 4. The Hall–Kier alpha value is -1.65. The first-order valence-electron chi connectivity index (χ1n) is 7.05. The number of fused-ring (bicyclic) bond motifs is 1. The van der Waals surface area contributed by atoms with Gasteiger partial charge in [-0.2, -0.15) is 0 Å². The molecule has 1 aromatic heterocycles. The van der Waals surface area contributed by atoms with Crippen LogP contribution in [0.1, 0.15) is 18.4 Å². The third-order valence-electron chi connectivity index (χ3n) is 4.13. The van der Waals surface area contributed by atoms with Gasteiger partial charge in [0.2, 0.25) is 0 Å². The lowest BCUT2D eigenvalue weighted by atomic mass is 9.82. The lowest BCUT2D eigenvalue weighted by Gasteiger charge is -2.35. The number of rotatable bonds is 4. The molecule has 0 aliphatic heterocycles. The number of pyridine rings is 1. The third-order valence-corrected chi connectivity index (χ3v) is 4.13. The molecule has 1 fully saturated rings. The van der Waals surface area contributed by atoms with Crippen molar-refractivity contribution in [1.29, 1.82) is 0 Å². The van der Waals surface area contributed by atoms with E-state index in [4.69, 9.17) is 0 Å². The van der Waals surface area contributed by atoms with Crippen molar-refractivity contribution in [2.75, 3.05) is 18.5 Å². The van der Waals surface area contributed by atoms with E-state index in [9.17, 15) is 10.2 Å². The Labute approximate surface area is 118 Å². The fraction of sp³-hybridized carbons (Fsp3) is 0.438. The lowest BCUT2D eigenvalue weighted by molar-refractivity contribution is 0.0464. The SMILES string of the molecule is CN(CC1CC(O)C1)c1ncc(CO)c2ccccc12. The average molecular weight is 272 g/mol. The quantitative estimate of drug-likeness (QED) is 0.893. The fourth-order valence-corrected chi connectivity index (χ4v) is 2.99. The molecule has 106 valence electrons. The second-order valence-corrected chi connectivity index (χ2v) is 5.68. The summed E-state index contributed by atoms with van der Waals surface area (Å²) in [5.41, 5.74) is 0.858. The highest BCUT2D eigenvalue weighted by molar-refractivity contribution is 5.94. The summed E-state index contributed by atoms with van der Waals surface area (Å²) in [7, 11) is 2.04. The zero-order chi connectivity index (χ0) is 14.1. The molecule has 0 spiro atoms. The molecule has 1 saturated carbocycles. The number of aliphatic hydroxyl groups excluding tert-OH is 2. The van der Waals surface area contributed by atoms with Gasteiger partial charge in [0.25, 0.3) is 0 Å². The Morgan fingerprint density at radius 3 is 2.60 bits per heavy atom. The highest BCUT2D eigenvalue weighted by Gasteiger charge is 2.28. The summed E-state index contributed by atoms with van der Waals surface area (Å²) in [6, 6.07) is 8.04. The Bertz CT molecular complexity index is 608. The second kappa shape index (κ2) is 5.38. The van der Waals surface area contributed by atoms with Crippen molar-refractivity contribution in [3.63, 3.8) is 0 Å². The first-order chi connectivity index (χ1) is 9.69. The van der Waals surface area contributed by atoms with Crippen molar-refractivity contribution in [3.05, 3.63) is 36.0 Å². The van der Waals surface area contributed by atoms with Crippen molar-refractivity contribution in [1.82, 2.24) is 4.98 Å². The van der Waals surface area contributed by atoms with Crippen molar-refractivity contribution in [2.45, 2.75) is 25.6 Å². The van der Waals surface area contributed by atoms with Gasteiger partial charge < -0.3 is 15.1 Å². The summed E-state index contributed by atoms with van der Waals surface area (Å²) >= 11 is 0. The maximum absolute atomic E-state index is 9.41. The van der Waals surface area contributed by atoms with E-state index in [1.54, 1.807) is 6.20 Å². The molecule has 0 atom stereocenters. The van der Waals surface area contributed by atoms with Gasteiger partial charge in [0, 0.05) is 30.7 Å². The first-order valence-corrected chi connectivity index (χ1v) is 7.05. The summed E-state index contributed by atoms with van der Waals surface area (Å²) in [6.45, 7) is 0.916. The first kappa shape index (κ1) is 13.3. The molecule has 1 aliphatic carbocycles. The third kappa shape index (κ3) is 2.37. The van der Waals surface area contributed by atoms with Gasteiger partial charge in [-0.05, 0) is 24.1 Å². The second-order valence-electron chi connectivity index (χ2n) is 5.68. The van der Waals surface area contributed by atoms with Gasteiger partial charge in [-0.15, -0.1) is 0 Å². The minimum absolute atomic E-state index is 0.00627. The maximum atomic E-state index is 9.41. The molecule has 1 heterocycles. The number of hydrogen-bond donors (Lipinski definition) is 2. The van der Waals surface area contributed by atoms with E-state index in [0.29, 0.717) is 5.92 Å². The molecule has 2 N–H and O–H groups in total. The highest BCUT2D eigenvalue weighted by Crippen LogP contribution is 2.31. The fourth-order valence-electron chi connectivity index (χ4n) is 2.99. The summed E-state index contributed by atoms with van der Waals surface area (Å²) in [5, 5.41) is 20.9. The summed E-state index contributed by atoms with van der Waals surface area (Å²) < 4.78 is 0. The van der Waals surface area contributed by atoms with E-state index >= 15 is 0 Å². The topological polar surface area (TPSA) is 56.6 Å². The molecular weight excluding hydrogens is 252 g/mol. The monoisotopic (exact) mass is 272 g/mol. The molecule has 3 rings (SSSR count). The van der Waals surface area contributed by atoms with Crippen LogP contribution in [0, 0.1) is 5.92 Å². The summed E-state index contributed by atoms with van der Waals surface area (Å²) in [5.74, 6) is 1.49. The molecule has 0 radical (unpaired) electrons. The van der Waals surface area contributed by atoms with Crippen LogP contribution in [0.3, 0.4) is 0 Å². The Kier molecular flexibility index (Phi) is 3.59. The van der Waals surface area contributed by atoms with E-state index in [0.717, 1.165) is 41.5 Å². The van der Waals surface area contributed by atoms with Crippen LogP contribution in [0.2, 0.25) is 0 Å². The number of aromatic nitrogens is 1. The molecule has 2 aromatic rings. The molecule has 0 bridgehead atoms. The zero-order valence-electron chi connectivity index (χ0n) is 11.7. The number of anilines is 1. The van der Waals surface area contributed by atoms with E-state index in [2.05, 4.69) is 9.88 Å². The van der Waals surface area contributed by atoms with Gasteiger partial charge in [-0.25, -0.2) is 4.98 Å².